The molecule has 0 radical (unpaired) electrons. The molecule has 0 aliphatic heterocycles. The van der Waals surface area contributed by atoms with Crippen LogP contribution in [-0.2, 0) is 7.05 Å². The minimum absolute atomic E-state index is 0.194. The lowest BCUT2D eigenvalue weighted by Gasteiger charge is -1.93. The highest BCUT2D eigenvalue weighted by Crippen LogP contribution is 1.83. The highest BCUT2D eigenvalue weighted by Gasteiger charge is 1.99. The molecule has 0 atom stereocenters. The van der Waals surface area contributed by atoms with E-state index in [1.165, 1.54) is 21.6 Å². The van der Waals surface area contributed by atoms with Gasteiger partial charge in [-0.15, -0.1) is 10.2 Å². The number of aromatic nitrogens is 5. The van der Waals surface area contributed by atoms with Crippen LogP contribution in [0, 0.1) is 0 Å². The number of nitrogens with zero attached hydrogens (tertiary/aromatic N) is 5. The van der Waals surface area contributed by atoms with Crippen molar-refractivity contribution in [3.05, 3.63) is 23.1 Å². The van der Waals surface area contributed by atoms with Crippen molar-refractivity contribution in [2.24, 2.45) is 7.05 Å². The van der Waals surface area contributed by atoms with Crippen molar-refractivity contribution in [1.82, 2.24) is 24.1 Å². The van der Waals surface area contributed by atoms with E-state index in [1.807, 2.05) is 0 Å². The fourth-order valence-corrected chi connectivity index (χ4v) is 0.809. The van der Waals surface area contributed by atoms with Gasteiger partial charge in [-0.2, -0.15) is 0 Å². The first kappa shape index (κ1) is 6.02. The molecule has 2 rings (SSSR count). The van der Waals surface area contributed by atoms with E-state index in [0.29, 0.717) is 5.78 Å². The average molecular weight is 151 g/mol. The zero-order valence-electron chi connectivity index (χ0n) is 5.80. The van der Waals surface area contributed by atoms with Crippen molar-refractivity contribution in [3.63, 3.8) is 0 Å². The molecule has 0 aliphatic rings. The molecular weight excluding hydrogens is 146 g/mol. The summed E-state index contributed by atoms with van der Waals surface area (Å²) in [6.45, 7) is 0. The summed E-state index contributed by atoms with van der Waals surface area (Å²) in [6.07, 6.45) is 2.75. The number of hydrogen-bond donors (Lipinski definition) is 0. The summed E-state index contributed by atoms with van der Waals surface area (Å²) >= 11 is 0. The van der Waals surface area contributed by atoms with Gasteiger partial charge in [0, 0.05) is 7.05 Å². The molecule has 0 N–H and O–H groups in total. The van der Waals surface area contributed by atoms with E-state index in [-0.39, 0.29) is 5.69 Å². The van der Waals surface area contributed by atoms with Gasteiger partial charge < -0.3 is 0 Å². The third-order valence-electron chi connectivity index (χ3n) is 1.38. The van der Waals surface area contributed by atoms with Crippen molar-refractivity contribution >= 4 is 5.78 Å². The molecule has 11 heavy (non-hydrogen) atoms. The third-order valence-corrected chi connectivity index (χ3v) is 1.38. The van der Waals surface area contributed by atoms with Gasteiger partial charge in [-0.25, -0.2) is 14.2 Å². The van der Waals surface area contributed by atoms with Crippen LogP contribution in [0.25, 0.3) is 5.78 Å². The second kappa shape index (κ2) is 1.88. The van der Waals surface area contributed by atoms with Gasteiger partial charge in [-0.1, -0.05) is 0 Å². The Morgan fingerprint density at radius 1 is 1.45 bits per heavy atom. The smallest absolute Gasteiger partial charge is 0.287 e. The Kier molecular flexibility index (Phi) is 1.03. The van der Waals surface area contributed by atoms with Crippen LogP contribution in [0.15, 0.2) is 17.4 Å². The highest BCUT2D eigenvalue weighted by atomic mass is 16.1. The van der Waals surface area contributed by atoms with Crippen molar-refractivity contribution in [1.29, 1.82) is 0 Å². The lowest BCUT2D eigenvalue weighted by atomic mass is 10.9. The van der Waals surface area contributed by atoms with Crippen LogP contribution < -0.4 is 5.69 Å². The standard InChI is InChI=1S/C5H5N5O/c1-9-2-6-4-8-7-3-10(4)5(9)11/h2-3H,1H3. The molecule has 2 heterocycles. The molecule has 0 aromatic carbocycles. The van der Waals surface area contributed by atoms with Crippen LogP contribution in [0.4, 0.5) is 0 Å². The molecule has 0 amide bonds. The minimum atomic E-state index is -0.194. The quantitative estimate of drug-likeness (QED) is 0.475. The maximum absolute atomic E-state index is 11.2. The largest absolute Gasteiger partial charge is 0.337 e. The molecule has 56 valence electrons. The van der Waals surface area contributed by atoms with E-state index < -0.39 is 0 Å². The number of aryl methyl sites for hydroxylation is 1. The third kappa shape index (κ3) is 0.721. The van der Waals surface area contributed by atoms with Gasteiger partial charge in [0.25, 0.3) is 5.78 Å². The van der Waals surface area contributed by atoms with Crippen LogP contribution in [0.5, 0.6) is 0 Å². The van der Waals surface area contributed by atoms with Gasteiger partial charge in [0.05, 0.1) is 0 Å². The van der Waals surface area contributed by atoms with Crippen LogP contribution in [0.2, 0.25) is 0 Å². The lowest BCUT2D eigenvalue weighted by molar-refractivity contribution is 0.756. The van der Waals surface area contributed by atoms with E-state index in [1.54, 1.807) is 7.05 Å². The summed E-state index contributed by atoms with van der Waals surface area (Å²) in [5.41, 5.74) is -0.194. The molecular formula is C5H5N5O. The molecule has 0 spiro atoms. The van der Waals surface area contributed by atoms with Crippen LogP contribution in [-0.4, -0.2) is 24.1 Å². The summed E-state index contributed by atoms with van der Waals surface area (Å²) < 4.78 is 2.64. The Bertz CT molecular complexity index is 441. The molecule has 0 bridgehead atoms. The van der Waals surface area contributed by atoms with Crippen molar-refractivity contribution < 1.29 is 0 Å². The normalized spacial score (nSPS) is 10.6. The topological polar surface area (TPSA) is 65.1 Å². The summed E-state index contributed by atoms with van der Waals surface area (Å²) in [7, 11) is 1.62. The monoisotopic (exact) mass is 151 g/mol. The van der Waals surface area contributed by atoms with Gasteiger partial charge in [0.15, 0.2) is 0 Å². The molecule has 0 unspecified atom stereocenters. The predicted molar refractivity (Wildman–Crippen MR) is 36.0 cm³/mol. The zero-order chi connectivity index (χ0) is 7.84. The summed E-state index contributed by atoms with van der Waals surface area (Å²) in [4.78, 5) is 15.0. The van der Waals surface area contributed by atoms with Gasteiger partial charge in [-0.05, 0) is 0 Å². The molecule has 2 aromatic rings. The molecule has 0 aliphatic carbocycles. The first-order valence-electron chi connectivity index (χ1n) is 3.00. The van der Waals surface area contributed by atoms with Crippen LogP contribution in [0.3, 0.4) is 0 Å². The Morgan fingerprint density at radius 2 is 2.27 bits per heavy atom. The fraction of sp³-hybridized carbons (Fsp3) is 0.200. The molecule has 0 saturated carbocycles. The SMILES string of the molecule is Cn1cnc2nncn2c1=O. The molecule has 0 fully saturated rings. The maximum Gasteiger partial charge on any atom is 0.337 e. The first-order chi connectivity index (χ1) is 5.29. The van der Waals surface area contributed by atoms with Gasteiger partial charge >= 0.3 is 5.69 Å². The van der Waals surface area contributed by atoms with Gasteiger partial charge in [-0.3, -0.25) is 4.57 Å². The van der Waals surface area contributed by atoms with Crippen molar-refractivity contribution in [2.45, 2.75) is 0 Å². The summed E-state index contributed by atoms with van der Waals surface area (Å²) in [5, 5.41) is 7.15. The highest BCUT2D eigenvalue weighted by molar-refractivity contribution is 5.20. The zero-order valence-corrected chi connectivity index (χ0v) is 5.80. The molecule has 6 heteroatoms. The van der Waals surface area contributed by atoms with Crippen LogP contribution in [0.1, 0.15) is 0 Å². The van der Waals surface area contributed by atoms with Gasteiger partial charge in [0.1, 0.15) is 12.7 Å². The number of fused-ring (bicyclic) bond motifs is 1. The molecule has 6 nitrogen and oxygen atoms in total. The Morgan fingerprint density at radius 3 is 3.09 bits per heavy atom. The maximum atomic E-state index is 11.2. The van der Waals surface area contributed by atoms with Crippen molar-refractivity contribution in [2.75, 3.05) is 0 Å². The minimum Gasteiger partial charge on any atom is -0.287 e. The average Bonchev–Trinajstić information content (AvgIpc) is 2.45. The Labute approximate surface area is 61.1 Å². The number of hydrogen-bond acceptors (Lipinski definition) is 4. The summed E-state index contributed by atoms with van der Waals surface area (Å²) in [5.74, 6) is 0.327. The Hall–Kier alpha value is -1.72. The van der Waals surface area contributed by atoms with E-state index in [4.69, 9.17) is 0 Å². The fourth-order valence-electron chi connectivity index (χ4n) is 0.809. The first-order valence-corrected chi connectivity index (χ1v) is 3.00. The second-order valence-corrected chi connectivity index (χ2v) is 2.14. The van der Waals surface area contributed by atoms with E-state index >= 15 is 0 Å². The Balaban J connectivity index is 3.05. The van der Waals surface area contributed by atoms with Gasteiger partial charge in [0.2, 0.25) is 0 Å². The van der Waals surface area contributed by atoms with E-state index in [2.05, 4.69) is 15.2 Å². The summed E-state index contributed by atoms with van der Waals surface area (Å²) in [6, 6.07) is 0. The lowest BCUT2D eigenvalue weighted by Crippen LogP contribution is -2.23. The van der Waals surface area contributed by atoms with Crippen LogP contribution >= 0.6 is 0 Å². The number of rotatable bonds is 0. The van der Waals surface area contributed by atoms with E-state index in [9.17, 15) is 4.79 Å². The molecule has 2 aromatic heterocycles. The second-order valence-electron chi connectivity index (χ2n) is 2.14. The van der Waals surface area contributed by atoms with E-state index in [0.717, 1.165) is 0 Å². The molecule has 0 saturated heterocycles. The predicted octanol–water partition coefficient (Wildman–Crippen LogP) is -1.18. The van der Waals surface area contributed by atoms with Crippen molar-refractivity contribution in [3.8, 4) is 0 Å².